The third kappa shape index (κ3) is 1.14. The molecule has 0 bridgehead atoms. The van der Waals surface area contributed by atoms with Crippen LogP contribution in [0, 0.1) is 0 Å². The predicted molar refractivity (Wildman–Crippen MR) is 51.4 cm³/mol. The lowest BCUT2D eigenvalue weighted by Gasteiger charge is -2.01. The minimum atomic E-state index is 0.734. The van der Waals surface area contributed by atoms with Crippen molar-refractivity contribution in [2.24, 2.45) is 4.99 Å². The summed E-state index contributed by atoms with van der Waals surface area (Å²) in [4.78, 5) is 4.24. The molecule has 0 atom stereocenters. The molecule has 1 heterocycles. The lowest BCUT2D eigenvalue weighted by molar-refractivity contribution is 0.405. The van der Waals surface area contributed by atoms with Crippen molar-refractivity contribution in [3.63, 3.8) is 0 Å². The maximum Gasteiger partial charge on any atom is 0.216 e. The van der Waals surface area contributed by atoms with Gasteiger partial charge in [0, 0.05) is 10.0 Å². The molecule has 0 radical (unpaired) electrons. The van der Waals surface area contributed by atoms with Crippen LogP contribution in [0.5, 0.6) is 0 Å². The van der Waals surface area contributed by atoms with Crippen molar-refractivity contribution < 1.29 is 4.74 Å². The van der Waals surface area contributed by atoms with Gasteiger partial charge in [0.05, 0.1) is 13.7 Å². The van der Waals surface area contributed by atoms with Gasteiger partial charge in [0.2, 0.25) is 5.90 Å². The first-order valence-corrected chi connectivity index (χ1v) is 4.48. The van der Waals surface area contributed by atoms with E-state index in [1.807, 2.05) is 12.1 Å². The highest BCUT2D eigenvalue weighted by molar-refractivity contribution is 9.10. The Morgan fingerprint density at radius 2 is 2.33 bits per heavy atom. The van der Waals surface area contributed by atoms with Gasteiger partial charge in [-0.05, 0) is 23.8 Å². The normalized spacial score (nSPS) is 14.0. The molecule has 2 rings (SSSR count). The van der Waals surface area contributed by atoms with Gasteiger partial charge in [0.25, 0.3) is 0 Å². The van der Waals surface area contributed by atoms with Crippen molar-refractivity contribution in [1.29, 1.82) is 0 Å². The first-order valence-electron chi connectivity index (χ1n) is 3.68. The summed E-state index contributed by atoms with van der Waals surface area (Å²) >= 11 is 3.41. The highest BCUT2D eigenvalue weighted by Crippen LogP contribution is 2.22. The summed E-state index contributed by atoms with van der Waals surface area (Å²) in [5, 5.41) is 0. The van der Waals surface area contributed by atoms with Crippen LogP contribution in [0.15, 0.2) is 27.7 Å². The van der Waals surface area contributed by atoms with Crippen LogP contribution in [0.25, 0.3) is 0 Å². The second kappa shape index (κ2) is 2.90. The SMILES string of the molecule is COC1=NCc2cc(Br)ccc21. The topological polar surface area (TPSA) is 21.6 Å². The molecule has 0 aliphatic carbocycles. The third-order valence-corrected chi connectivity index (χ3v) is 2.38. The number of benzene rings is 1. The van der Waals surface area contributed by atoms with Gasteiger partial charge in [-0.3, -0.25) is 0 Å². The van der Waals surface area contributed by atoms with Gasteiger partial charge < -0.3 is 4.74 Å². The molecule has 1 aliphatic heterocycles. The molecule has 0 aromatic heterocycles. The van der Waals surface area contributed by atoms with Gasteiger partial charge in [0.15, 0.2) is 0 Å². The van der Waals surface area contributed by atoms with Gasteiger partial charge in [-0.15, -0.1) is 0 Å². The quantitative estimate of drug-likeness (QED) is 0.665. The number of rotatable bonds is 0. The molecule has 62 valence electrons. The number of nitrogens with zero attached hydrogens (tertiary/aromatic N) is 1. The van der Waals surface area contributed by atoms with Gasteiger partial charge >= 0.3 is 0 Å². The number of aliphatic imine (C=N–C) groups is 1. The zero-order chi connectivity index (χ0) is 8.55. The van der Waals surface area contributed by atoms with E-state index in [4.69, 9.17) is 4.74 Å². The summed E-state index contributed by atoms with van der Waals surface area (Å²) in [6.45, 7) is 0.734. The number of hydrogen-bond acceptors (Lipinski definition) is 2. The summed E-state index contributed by atoms with van der Waals surface area (Å²) in [5.74, 6) is 0.748. The predicted octanol–water partition coefficient (Wildman–Crippen LogP) is 2.36. The molecular formula is C9H8BrNO. The standard InChI is InChI=1S/C9H8BrNO/c1-12-9-8-3-2-7(10)4-6(8)5-11-9/h2-4H,5H2,1H3. The molecule has 0 saturated carbocycles. The van der Waals surface area contributed by atoms with Crippen LogP contribution in [0.4, 0.5) is 0 Å². The van der Waals surface area contributed by atoms with Crippen LogP contribution in [0.2, 0.25) is 0 Å². The smallest absolute Gasteiger partial charge is 0.216 e. The first kappa shape index (κ1) is 7.80. The zero-order valence-corrected chi connectivity index (χ0v) is 8.26. The van der Waals surface area contributed by atoms with Gasteiger partial charge in [-0.2, -0.15) is 0 Å². The highest BCUT2D eigenvalue weighted by atomic mass is 79.9. The van der Waals surface area contributed by atoms with E-state index in [2.05, 4.69) is 27.0 Å². The number of hydrogen-bond donors (Lipinski definition) is 0. The maximum atomic E-state index is 5.11. The van der Waals surface area contributed by atoms with E-state index in [1.54, 1.807) is 7.11 Å². The molecule has 3 heteroatoms. The van der Waals surface area contributed by atoms with Crippen LogP contribution in [0.1, 0.15) is 11.1 Å². The molecule has 0 spiro atoms. The van der Waals surface area contributed by atoms with Crippen LogP contribution in [-0.2, 0) is 11.3 Å². The number of ether oxygens (including phenoxy) is 1. The fraction of sp³-hybridized carbons (Fsp3) is 0.222. The second-order valence-electron chi connectivity index (χ2n) is 2.63. The van der Waals surface area contributed by atoms with Gasteiger partial charge in [0.1, 0.15) is 0 Å². The minimum absolute atomic E-state index is 0.734. The van der Waals surface area contributed by atoms with Crippen LogP contribution < -0.4 is 0 Å². The average Bonchev–Trinajstić information content (AvgIpc) is 2.46. The molecule has 0 saturated heterocycles. The van der Waals surface area contributed by atoms with E-state index in [9.17, 15) is 0 Å². The van der Waals surface area contributed by atoms with Crippen molar-refractivity contribution in [3.8, 4) is 0 Å². The summed E-state index contributed by atoms with van der Waals surface area (Å²) in [6.07, 6.45) is 0. The molecule has 2 nitrogen and oxygen atoms in total. The Labute approximate surface area is 79.4 Å². The van der Waals surface area contributed by atoms with Crippen LogP contribution >= 0.6 is 15.9 Å². The Kier molecular flexibility index (Phi) is 1.89. The van der Waals surface area contributed by atoms with Gasteiger partial charge in [-0.1, -0.05) is 15.9 Å². The monoisotopic (exact) mass is 225 g/mol. The second-order valence-corrected chi connectivity index (χ2v) is 3.54. The highest BCUT2D eigenvalue weighted by Gasteiger charge is 2.15. The summed E-state index contributed by atoms with van der Waals surface area (Å²) < 4.78 is 6.20. The van der Waals surface area contributed by atoms with Gasteiger partial charge in [-0.25, -0.2) is 4.99 Å². The summed E-state index contributed by atoms with van der Waals surface area (Å²) in [6, 6.07) is 6.10. The Bertz CT molecular complexity index is 346. The number of fused-ring (bicyclic) bond motifs is 1. The number of methoxy groups -OCH3 is 1. The zero-order valence-electron chi connectivity index (χ0n) is 6.67. The molecule has 1 aliphatic rings. The van der Waals surface area contributed by atoms with E-state index in [0.717, 1.165) is 22.5 Å². The van der Waals surface area contributed by atoms with E-state index in [0.29, 0.717) is 0 Å². The largest absolute Gasteiger partial charge is 0.481 e. The van der Waals surface area contributed by atoms with E-state index >= 15 is 0 Å². The molecule has 0 N–H and O–H groups in total. The molecule has 12 heavy (non-hydrogen) atoms. The van der Waals surface area contributed by atoms with Crippen molar-refractivity contribution in [2.45, 2.75) is 6.54 Å². The molecule has 1 aromatic rings. The van der Waals surface area contributed by atoms with Crippen molar-refractivity contribution in [3.05, 3.63) is 33.8 Å². The Balaban J connectivity index is 2.47. The van der Waals surface area contributed by atoms with Crippen molar-refractivity contribution >= 4 is 21.8 Å². The molecule has 0 unspecified atom stereocenters. The third-order valence-electron chi connectivity index (χ3n) is 1.88. The molecule has 0 amide bonds. The van der Waals surface area contributed by atoms with Crippen molar-refractivity contribution in [2.75, 3.05) is 7.11 Å². The molecule has 1 aromatic carbocycles. The van der Waals surface area contributed by atoms with Crippen LogP contribution in [-0.4, -0.2) is 13.0 Å². The Morgan fingerprint density at radius 1 is 1.50 bits per heavy atom. The minimum Gasteiger partial charge on any atom is -0.481 e. The van der Waals surface area contributed by atoms with E-state index in [-0.39, 0.29) is 0 Å². The Morgan fingerprint density at radius 3 is 3.08 bits per heavy atom. The number of halogens is 1. The molecule has 0 fully saturated rings. The lowest BCUT2D eigenvalue weighted by atomic mass is 10.1. The first-order chi connectivity index (χ1) is 5.81. The summed E-state index contributed by atoms with van der Waals surface area (Å²) in [7, 11) is 1.65. The van der Waals surface area contributed by atoms with Crippen LogP contribution in [0.3, 0.4) is 0 Å². The van der Waals surface area contributed by atoms with Crippen molar-refractivity contribution in [1.82, 2.24) is 0 Å². The van der Waals surface area contributed by atoms with E-state index in [1.165, 1.54) is 5.56 Å². The maximum absolute atomic E-state index is 5.11. The Hall–Kier alpha value is -0.830. The van der Waals surface area contributed by atoms with E-state index < -0.39 is 0 Å². The fourth-order valence-corrected chi connectivity index (χ4v) is 1.73. The fourth-order valence-electron chi connectivity index (χ4n) is 1.32. The summed E-state index contributed by atoms with van der Waals surface area (Å²) in [5.41, 5.74) is 2.34. The average molecular weight is 226 g/mol. The lowest BCUT2D eigenvalue weighted by Crippen LogP contribution is -1.99. The molecular weight excluding hydrogens is 218 g/mol.